The zero-order valence-electron chi connectivity index (χ0n) is 10.0. The van der Waals surface area contributed by atoms with Crippen LogP contribution in [0.3, 0.4) is 0 Å². The highest BCUT2D eigenvalue weighted by atomic mass is 32.2. The van der Waals surface area contributed by atoms with Crippen LogP contribution in [0.1, 0.15) is 19.3 Å². The van der Waals surface area contributed by atoms with E-state index in [1.165, 1.54) is 6.26 Å². The number of hydrogen-bond donors (Lipinski definition) is 2. The van der Waals surface area contributed by atoms with Gasteiger partial charge >= 0.3 is 0 Å². The Morgan fingerprint density at radius 3 is 2.53 bits per heavy atom. The van der Waals surface area contributed by atoms with E-state index in [4.69, 9.17) is 5.11 Å². The van der Waals surface area contributed by atoms with Crippen molar-refractivity contribution in [3.05, 3.63) is 24.3 Å². The first kappa shape index (κ1) is 14.0. The van der Waals surface area contributed by atoms with Crippen molar-refractivity contribution in [2.24, 2.45) is 0 Å². The van der Waals surface area contributed by atoms with E-state index in [2.05, 4.69) is 5.32 Å². The van der Waals surface area contributed by atoms with Crippen LogP contribution in [-0.2, 0) is 9.84 Å². The lowest BCUT2D eigenvalue weighted by Gasteiger charge is -2.10. The smallest absolute Gasteiger partial charge is 0.177 e. The van der Waals surface area contributed by atoms with Crippen molar-refractivity contribution < 1.29 is 13.5 Å². The number of unbranched alkanes of at least 4 members (excludes halogenated alkanes) is 2. The van der Waals surface area contributed by atoms with E-state index < -0.39 is 9.84 Å². The Bertz CT molecular complexity index is 443. The number of sulfone groups is 1. The lowest BCUT2D eigenvalue weighted by Crippen LogP contribution is -2.07. The van der Waals surface area contributed by atoms with Gasteiger partial charge in [-0.05, 0) is 31.4 Å². The molecule has 0 atom stereocenters. The molecule has 0 fully saturated rings. The van der Waals surface area contributed by atoms with Crippen LogP contribution in [0.2, 0.25) is 0 Å². The first-order chi connectivity index (χ1) is 8.05. The maximum absolute atomic E-state index is 11.5. The number of benzene rings is 1. The summed E-state index contributed by atoms with van der Waals surface area (Å²) in [7, 11) is -3.18. The summed E-state index contributed by atoms with van der Waals surface area (Å²) in [5.74, 6) is 0. The molecule has 1 rings (SSSR count). The van der Waals surface area contributed by atoms with Crippen molar-refractivity contribution in [3.8, 4) is 0 Å². The second-order valence-corrected chi connectivity index (χ2v) is 5.96. The molecule has 4 nitrogen and oxygen atoms in total. The Morgan fingerprint density at radius 2 is 1.88 bits per heavy atom. The summed E-state index contributed by atoms with van der Waals surface area (Å²) >= 11 is 0. The quantitative estimate of drug-likeness (QED) is 0.729. The number of nitrogens with one attached hydrogen (secondary N) is 1. The third kappa shape index (κ3) is 4.75. The summed E-state index contributed by atoms with van der Waals surface area (Å²) in [6.45, 7) is 0.923. The van der Waals surface area contributed by atoms with Gasteiger partial charge in [-0.1, -0.05) is 12.1 Å². The normalized spacial score (nSPS) is 11.4. The van der Waals surface area contributed by atoms with Gasteiger partial charge < -0.3 is 10.4 Å². The van der Waals surface area contributed by atoms with Crippen LogP contribution in [-0.4, -0.2) is 32.9 Å². The van der Waals surface area contributed by atoms with E-state index in [0.717, 1.165) is 19.3 Å². The highest BCUT2D eigenvalue weighted by molar-refractivity contribution is 7.90. The molecule has 17 heavy (non-hydrogen) atoms. The summed E-state index contributed by atoms with van der Waals surface area (Å²) in [6, 6.07) is 6.89. The van der Waals surface area contributed by atoms with Crippen LogP contribution in [0.15, 0.2) is 29.2 Å². The molecule has 0 aliphatic heterocycles. The van der Waals surface area contributed by atoms with Crippen LogP contribution in [0.5, 0.6) is 0 Å². The molecule has 5 heteroatoms. The highest BCUT2D eigenvalue weighted by Crippen LogP contribution is 2.20. The van der Waals surface area contributed by atoms with Crippen molar-refractivity contribution in [3.63, 3.8) is 0 Å². The van der Waals surface area contributed by atoms with Gasteiger partial charge in [-0.2, -0.15) is 0 Å². The van der Waals surface area contributed by atoms with Crippen molar-refractivity contribution in [1.29, 1.82) is 0 Å². The molecule has 0 aliphatic rings. The van der Waals surface area contributed by atoms with Crippen LogP contribution >= 0.6 is 0 Å². The van der Waals surface area contributed by atoms with E-state index in [1.807, 2.05) is 6.07 Å². The van der Waals surface area contributed by atoms with E-state index in [9.17, 15) is 8.42 Å². The average Bonchev–Trinajstić information content (AvgIpc) is 2.28. The molecule has 0 saturated heterocycles. The fourth-order valence-corrected chi connectivity index (χ4v) is 2.44. The SMILES string of the molecule is CS(=O)(=O)c1ccccc1NCCCCCO. The molecule has 96 valence electrons. The van der Waals surface area contributed by atoms with Gasteiger partial charge in [0.1, 0.15) is 0 Å². The molecule has 0 heterocycles. The number of rotatable bonds is 7. The molecule has 0 saturated carbocycles. The lowest BCUT2D eigenvalue weighted by molar-refractivity contribution is 0.283. The molecular formula is C12H19NO3S. The first-order valence-electron chi connectivity index (χ1n) is 5.69. The molecule has 2 N–H and O–H groups in total. The molecule has 0 aromatic heterocycles. The highest BCUT2D eigenvalue weighted by Gasteiger charge is 2.11. The number of para-hydroxylation sites is 1. The topological polar surface area (TPSA) is 66.4 Å². The number of hydrogen-bond acceptors (Lipinski definition) is 4. The van der Waals surface area contributed by atoms with Gasteiger partial charge in [-0.15, -0.1) is 0 Å². The predicted octanol–water partition coefficient (Wildman–Crippen LogP) is 1.66. The number of anilines is 1. The van der Waals surface area contributed by atoms with E-state index >= 15 is 0 Å². The second kappa shape index (κ2) is 6.61. The molecule has 1 aromatic rings. The van der Waals surface area contributed by atoms with Gasteiger partial charge in [0, 0.05) is 19.4 Å². The molecule has 0 unspecified atom stereocenters. The summed E-state index contributed by atoms with van der Waals surface area (Å²) in [4.78, 5) is 0.335. The zero-order valence-corrected chi connectivity index (χ0v) is 10.8. The van der Waals surface area contributed by atoms with Crippen molar-refractivity contribution in [2.75, 3.05) is 24.7 Å². The zero-order chi connectivity index (χ0) is 12.7. The van der Waals surface area contributed by atoms with E-state index in [-0.39, 0.29) is 6.61 Å². The Morgan fingerprint density at radius 1 is 1.18 bits per heavy atom. The Labute approximate surface area is 103 Å². The third-order valence-electron chi connectivity index (χ3n) is 2.44. The number of aliphatic hydroxyl groups excluding tert-OH is 1. The summed E-state index contributed by atoms with van der Waals surface area (Å²) in [5.41, 5.74) is 0.652. The minimum Gasteiger partial charge on any atom is -0.396 e. The van der Waals surface area contributed by atoms with Crippen LogP contribution in [0, 0.1) is 0 Å². The van der Waals surface area contributed by atoms with Gasteiger partial charge in [0.05, 0.1) is 10.6 Å². The first-order valence-corrected chi connectivity index (χ1v) is 7.58. The standard InChI is InChI=1S/C12H19NO3S/c1-17(15,16)12-8-4-3-7-11(12)13-9-5-2-6-10-14/h3-4,7-8,13-14H,2,5-6,9-10H2,1H3. The van der Waals surface area contributed by atoms with Gasteiger partial charge in [0.25, 0.3) is 0 Å². The number of aliphatic hydroxyl groups is 1. The summed E-state index contributed by atoms with van der Waals surface area (Å²) in [6.07, 6.45) is 3.85. The summed E-state index contributed by atoms with van der Waals surface area (Å²) < 4.78 is 23.0. The molecule has 0 spiro atoms. The van der Waals surface area contributed by atoms with Crippen molar-refractivity contribution >= 4 is 15.5 Å². The molecule has 0 radical (unpaired) electrons. The predicted molar refractivity (Wildman–Crippen MR) is 69.0 cm³/mol. The fourth-order valence-electron chi connectivity index (χ4n) is 1.57. The Balaban J connectivity index is 2.59. The molecule has 0 amide bonds. The van der Waals surface area contributed by atoms with Gasteiger partial charge in [0.15, 0.2) is 9.84 Å². The summed E-state index contributed by atoms with van der Waals surface area (Å²) in [5, 5.41) is 11.8. The van der Waals surface area contributed by atoms with Crippen LogP contribution < -0.4 is 5.32 Å². The Hall–Kier alpha value is -1.07. The van der Waals surface area contributed by atoms with Crippen LogP contribution in [0.25, 0.3) is 0 Å². The van der Waals surface area contributed by atoms with Crippen LogP contribution in [0.4, 0.5) is 5.69 Å². The largest absolute Gasteiger partial charge is 0.396 e. The average molecular weight is 257 g/mol. The lowest BCUT2D eigenvalue weighted by atomic mass is 10.2. The molecule has 0 bridgehead atoms. The maximum atomic E-state index is 11.5. The van der Waals surface area contributed by atoms with Gasteiger partial charge in [0.2, 0.25) is 0 Å². The molecule has 1 aromatic carbocycles. The van der Waals surface area contributed by atoms with E-state index in [0.29, 0.717) is 17.1 Å². The van der Waals surface area contributed by atoms with Crippen molar-refractivity contribution in [1.82, 2.24) is 0 Å². The second-order valence-electron chi connectivity index (χ2n) is 3.98. The van der Waals surface area contributed by atoms with E-state index in [1.54, 1.807) is 18.2 Å². The molecular weight excluding hydrogens is 238 g/mol. The fraction of sp³-hybridized carbons (Fsp3) is 0.500. The minimum atomic E-state index is -3.18. The van der Waals surface area contributed by atoms with Gasteiger partial charge in [-0.25, -0.2) is 8.42 Å². The Kier molecular flexibility index (Phi) is 5.44. The van der Waals surface area contributed by atoms with Crippen molar-refractivity contribution in [2.45, 2.75) is 24.2 Å². The van der Waals surface area contributed by atoms with Gasteiger partial charge in [-0.3, -0.25) is 0 Å². The monoisotopic (exact) mass is 257 g/mol. The minimum absolute atomic E-state index is 0.208. The maximum Gasteiger partial charge on any atom is 0.177 e. The third-order valence-corrected chi connectivity index (χ3v) is 3.59. The molecule has 0 aliphatic carbocycles.